The average Bonchev–Trinajstić information content (AvgIpc) is 3.09. The summed E-state index contributed by atoms with van der Waals surface area (Å²) in [6.45, 7) is 12.5. The molecule has 4 heteroatoms. The van der Waals surface area contributed by atoms with Crippen LogP contribution in [0.5, 0.6) is 0 Å². The van der Waals surface area contributed by atoms with Gasteiger partial charge in [-0.2, -0.15) is 5.10 Å². The van der Waals surface area contributed by atoms with Crippen LogP contribution in [0, 0.1) is 46.3 Å². The molecule has 7 atom stereocenters. The van der Waals surface area contributed by atoms with E-state index in [4.69, 9.17) is 5.73 Å². The van der Waals surface area contributed by atoms with E-state index in [0.717, 1.165) is 60.5 Å². The summed E-state index contributed by atoms with van der Waals surface area (Å²) in [6.07, 6.45) is 16.8. The smallest absolute Gasteiger partial charge is 0.332 e. The number of hydrazone groups is 1. The number of hydrogen-bond acceptors (Lipinski definition) is 2. The number of amides is 2. The number of primary amides is 1. The number of carbonyl (C=O) groups excluding carboxylic acids is 1. The summed E-state index contributed by atoms with van der Waals surface area (Å²) in [4.78, 5) is 11.1. The van der Waals surface area contributed by atoms with Crippen LogP contribution in [0.2, 0.25) is 0 Å². The first-order chi connectivity index (χ1) is 15.1. The van der Waals surface area contributed by atoms with Crippen molar-refractivity contribution in [1.29, 1.82) is 0 Å². The summed E-state index contributed by atoms with van der Waals surface area (Å²) < 4.78 is 0. The lowest BCUT2D eigenvalue weighted by molar-refractivity contribution is -0.0468. The molecular weight excluding hydrogens is 394 g/mol. The molecule has 0 radical (unpaired) electrons. The molecule has 4 rings (SSSR count). The van der Waals surface area contributed by atoms with Crippen molar-refractivity contribution in [3.05, 3.63) is 11.6 Å². The molecule has 180 valence electrons. The zero-order valence-corrected chi connectivity index (χ0v) is 21.3. The van der Waals surface area contributed by atoms with Crippen molar-refractivity contribution in [2.24, 2.45) is 57.2 Å². The Hall–Kier alpha value is -1.32. The van der Waals surface area contributed by atoms with Gasteiger partial charge < -0.3 is 5.73 Å². The number of urea groups is 1. The van der Waals surface area contributed by atoms with Gasteiger partial charge in [-0.05, 0) is 91.3 Å². The van der Waals surface area contributed by atoms with Crippen LogP contribution in [-0.2, 0) is 0 Å². The minimum absolute atomic E-state index is 0.316. The number of hydrogen-bond donors (Lipinski definition) is 2. The van der Waals surface area contributed by atoms with Gasteiger partial charge in [0.2, 0.25) is 0 Å². The third-order valence-electron chi connectivity index (χ3n) is 10.5. The van der Waals surface area contributed by atoms with Crippen LogP contribution in [-0.4, -0.2) is 11.7 Å². The van der Waals surface area contributed by atoms with E-state index in [0.29, 0.717) is 10.8 Å². The van der Waals surface area contributed by atoms with Crippen molar-refractivity contribution in [3.8, 4) is 0 Å². The van der Waals surface area contributed by atoms with Gasteiger partial charge in [-0.15, -0.1) is 0 Å². The molecular formula is C28H47N3O. The standard InChI is InChI=1S/C28H47N3O/c1-18(2)7-6-8-19(3)23-11-12-24-22-10-9-20-17-21(30-31-26(29)32)13-15-27(20,4)25(22)14-16-28(23,24)5/h9,18-19,22-25H,6-8,10-17H2,1-5H3,(H3,29,31,32). The predicted octanol–water partition coefficient (Wildman–Crippen LogP) is 7.05. The maximum Gasteiger partial charge on any atom is 0.332 e. The molecule has 0 bridgehead atoms. The maximum absolute atomic E-state index is 11.1. The molecule has 3 saturated carbocycles. The Morgan fingerprint density at radius 1 is 1.16 bits per heavy atom. The number of nitrogens with two attached hydrogens (primary N) is 1. The number of carbonyl (C=O) groups is 1. The fraction of sp³-hybridized carbons (Fsp3) is 0.857. The molecule has 3 fully saturated rings. The molecule has 4 aliphatic carbocycles. The highest BCUT2D eigenvalue weighted by atomic mass is 16.2. The first-order valence-electron chi connectivity index (χ1n) is 13.5. The van der Waals surface area contributed by atoms with Crippen molar-refractivity contribution >= 4 is 11.7 Å². The summed E-state index contributed by atoms with van der Waals surface area (Å²) in [6, 6.07) is -0.565. The first kappa shape index (κ1) is 23.8. The van der Waals surface area contributed by atoms with Gasteiger partial charge in [-0.1, -0.05) is 65.5 Å². The lowest BCUT2D eigenvalue weighted by Crippen LogP contribution is -2.50. The van der Waals surface area contributed by atoms with Crippen LogP contribution in [0.1, 0.15) is 105 Å². The zero-order valence-electron chi connectivity index (χ0n) is 21.3. The minimum Gasteiger partial charge on any atom is -0.350 e. The first-order valence-corrected chi connectivity index (χ1v) is 13.5. The Bertz CT molecular complexity index is 771. The van der Waals surface area contributed by atoms with Crippen molar-refractivity contribution in [1.82, 2.24) is 5.43 Å². The second kappa shape index (κ2) is 9.14. The van der Waals surface area contributed by atoms with Gasteiger partial charge in [0, 0.05) is 12.1 Å². The van der Waals surface area contributed by atoms with Crippen LogP contribution >= 0.6 is 0 Å². The SMILES string of the molecule is CC(C)CCCC(C)C1CCC2C3CC=C4CC(=NNC(N)=O)CCC4(C)C3CCC12C. The Kier molecular flexibility index (Phi) is 6.81. The number of nitrogens with one attached hydrogen (secondary N) is 1. The quantitative estimate of drug-likeness (QED) is 0.336. The number of fused-ring (bicyclic) bond motifs is 5. The van der Waals surface area contributed by atoms with Crippen LogP contribution in [0.4, 0.5) is 4.79 Å². The van der Waals surface area contributed by atoms with E-state index in [1.807, 2.05) is 0 Å². The lowest BCUT2D eigenvalue weighted by Gasteiger charge is -2.58. The summed E-state index contributed by atoms with van der Waals surface area (Å²) in [7, 11) is 0. The minimum atomic E-state index is -0.565. The molecule has 0 spiro atoms. The Morgan fingerprint density at radius 3 is 2.66 bits per heavy atom. The third kappa shape index (κ3) is 4.28. The summed E-state index contributed by atoms with van der Waals surface area (Å²) in [5.41, 5.74) is 11.2. The third-order valence-corrected chi connectivity index (χ3v) is 10.5. The molecule has 7 unspecified atom stereocenters. The highest BCUT2D eigenvalue weighted by Gasteiger charge is 2.58. The molecule has 0 saturated heterocycles. The summed E-state index contributed by atoms with van der Waals surface area (Å²) >= 11 is 0. The van der Waals surface area contributed by atoms with Gasteiger partial charge >= 0.3 is 6.03 Å². The van der Waals surface area contributed by atoms with Gasteiger partial charge in [-0.3, -0.25) is 0 Å². The number of allylic oxidation sites excluding steroid dienone is 2. The van der Waals surface area contributed by atoms with Crippen molar-refractivity contribution in [3.63, 3.8) is 0 Å². The Balaban J connectivity index is 1.47. The summed E-state index contributed by atoms with van der Waals surface area (Å²) in [5, 5.41) is 4.29. The van der Waals surface area contributed by atoms with Crippen LogP contribution in [0.15, 0.2) is 16.8 Å². The molecule has 32 heavy (non-hydrogen) atoms. The second-order valence-corrected chi connectivity index (χ2v) is 12.6. The maximum atomic E-state index is 11.1. The normalized spacial score (nSPS) is 40.9. The zero-order chi connectivity index (χ0) is 23.1. The lowest BCUT2D eigenvalue weighted by atomic mass is 9.47. The molecule has 4 nitrogen and oxygen atoms in total. The van der Waals surface area contributed by atoms with E-state index < -0.39 is 6.03 Å². The summed E-state index contributed by atoms with van der Waals surface area (Å²) in [5.74, 6) is 5.21. The second-order valence-electron chi connectivity index (χ2n) is 12.6. The van der Waals surface area contributed by atoms with E-state index in [-0.39, 0.29) is 0 Å². The van der Waals surface area contributed by atoms with Gasteiger partial charge in [0.1, 0.15) is 0 Å². The van der Waals surface area contributed by atoms with E-state index >= 15 is 0 Å². The Morgan fingerprint density at radius 2 is 1.94 bits per heavy atom. The van der Waals surface area contributed by atoms with E-state index in [9.17, 15) is 4.79 Å². The van der Waals surface area contributed by atoms with Crippen LogP contribution in [0.3, 0.4) is 0 Å². The van der Waals surface area contributed by atoms with E-state index in [1.165, 1.54) is 51.4 Å². The molecule has 3 N–H and O–H groups in total. The molecule has 2 amide bonds. The molecule has 0 aromatic carbocycles. The predicted molar refractivity (Wildman–Crippen MR) is 133 cm³/mol. The van der Waals surface area contributed by atoms with Gasteiger partial charge in [0.05, 0.1) is 0 Å². The molecule has 0 aromatic heterocycles. The van der Waals surface area contributed by atoms with Crippen LogP contribution < -0.4 is 11.2 Å². The highest BCUT2D eigenvalue weighted by Crippen LogP contribution is 2.67. The van der Waals surface area contributed by atoms with Gasteiger partial charge in [0.25, 0.3) is 0 Å². The van der Waals surface area contributed by atoms with Gasteiger partial charge in [-0.25, -0.2) is 10.2 Å². The number of nitrogens with zero attached hydrogens (tertiary/aromatic N) is 1. The van der Waals surface area contributed by atoms with Crippen molar-refractivity contribution in [2.45, 2.75) is 105 Å². The van der Waals surface area contributed by atoms with E-state index in [2.05, 4.69) is 51.2 Å². The monoisotopic (exact) mass is 441 g/mol. The molecule has 0 aliphatic heterocycles. The van der Waals surface area contributed by atoms with Crippen molar-refractivity contribution in [2.75, 3.05) is 0 Å². The molecule has 4 aliphatic rings. The van der Waals surface area contributed by atoms with Gasteiger partial charge in [0.15, 0.2) is 0 Å². The fourth-order valence-electron chi connectivity index (χ4n) is 8.74. The average molecular weight is 442 g/mol. The van der Waals surface area contributed by atoms with E-state index in [1.54, 1.807) is 5.57 Å². The number of rotatable bonds is 6. The largest absolute Gasteiger partial charge is 0.350 e. The topological polar surface area (TPSA) is 67.5 Å². The molecule has 0 heterocycles. The molecule has 0 aromatic rings. The van der Waals surface area contributed by atoms with Crippen molar-refractivity contribution < 1.29 is 4.79 Å². The Labute approximate surface area is 196 Å². The highest BCUT2D eigenvalue weighted by molar-refractivity contribution is 5.89. The van der Waals surface area contributed by atoms with Crippen LogP contribution in [0.25, 0.3) is 0 Å². The fourth-order valence-corrected chi connectivity index (χ4v) is 8.74.